The first-order chi connectivity index (χ1) is 3.98. The van der Waals surface area contributed by atoms with Gasteiger partial charge in [-0.25, -0.2) is 4.39 Å². The van der Waals surface area contributed by atoms with Gasteiger partial charge in [-0.2, -0.15) is 13.2 Å². The summed E-state index contributed by atoms with van der Waals surface area (Å²) < 4.78 is 45.0. The molecule has 4 heteroatoms. The van der Waals surface area contributed by atoms with Crippen molar-refractivity contribution in [2.24, 2.45) is 0 Å². The van der Waals surface area contributed by atoms with Gasteiger partial charge in [0.25, 0.3) is 0 Å². The second-order valence-corrected chi connectivity index (χ2v) is 1.25. The average Bonchev–Trinajstić information content (AvgIpc) is 1.64. The van der Waals surface area contributed by atoms with E-state index in [2.05, 4.69) is 6.58 Å². The van der Waals surface area contributed by atoms with Crippen molar-refractivity contribution >= 4 is 0 Å². The van der Waals surface area contributed by atoms with Gasteiger partial charge >= 0.3 is 6.18 Å². The predicted molar refractivity (Wildman–Crippen MR) is 25.4 cm³/mol. The highest BCUT2D eigenvalue weighted by molar-refractivity contribution is 5.07. The molecule has 0 bridgehead atoms. The monoisotopic (exact) mass is 140 g/mol. The summed E-state index contributed by atoms with van der Waals surface area (Å²) in [7, 11) is 0. The zero-order valence-corrected chi connectivity index (χ0v) is 4.37. The highest BCUT2D eigenvalue weighted by Crippen LogP contribution is 2.25. The van der Waals surface area contributed by atoms with Crippen molar-refractivity contribution in [3.8, 4) is 0 Å². The van der Waals surface area contributed by atoms with Crippen LogP contribution in [0.3, 0.4) is 0 Å². The summed E-state index contributed by atoms with van der Waals surface area (Å²) >= 11 is 0. The summed E-state index contributed by atoms with van der Waals surface area (Å²) in [5.41, 5.74) is 0. The van der Waals surface area contributed by atoms with Crippen LogP contribution in [-0.2, 0) is 0 Å². The summed E-state index contributed by atoms with van der Waals surface area (Å²) in [5, 5.41) is 0. The summed E-state index contributed by atoms with van der Waals surface area (Å²) in [6.45, 7) is 2.90. The number of halogens is 4. The molecule has 0 nitrogen and oxygen atoms in total. The number of hydrogen-bond donors (Lipinski definition) is 0. The molecule has 0 saturated heterocycles. The molecule has 0 aliphatic heterocycles. The van der Waals surface area contributed by atoms with Gasteiger partial charge < -0.3 is 0 Å². The van der Waals surface area contributed by atoms with Crippen LogP contribution in [-0.4, -0.2) is 6.18 Å². The van der Waals surface area contributed by atoms with Gasteiger partial charge in [-0.05, 0) is 6.08 Å². The second kappa shape index (κ2) is 2.66. The Labute approximate surface area is 49.5 Å². The minimum absolute atomic E-state index is 0.264. The van der Waals surface area contributed by atoms with E-state index >= 15 is 0 Å². The largest absolute Gasteiger partial charge is 0.442 e. The van der Waals surface area contributed by atoms with E-state index in [0.717, 1.165) is 6.08 Å². The third-order valence-electron chi connectivity index (χ3n) is 0.535. The molecule has 0 atom stereocenters. The van der Waals surface area contributed by atoms with Gasteiger partial charge in [0.2, 0.25) is 5.83 Å². The molecule has 9 heavy (non-hydrogen) atoms. The maximum atomic E-state index is 11.6. The van der Waals surface area contributed by atoms with Crippen LogP contribution in [0.4, 0.5) is 17.6 Å². The summed E-state index contributed by atoms with van der Waals surface area (Å²) in [6.07, 6.45) is -3.86. The van der Waals surface area contributed by atoms with E-state index in [4.69, 9.17) is 0 Å². The van der Waals surface area contributed by atoms with E-state index in [1.165, 1.54) is 0 Å². The topological polar surface area (TPSA) is 0 Å². The van der Waals surface area contributed by atoms with E-state index in [0.29, 0.717) is 0 Å². The maximum absolute atomic E-state index is 11.6. The van der Waals surface area contributed by atoms with Gasteiger partial charge in [0.15, 0.2) is 0 Å². The Kier molecular flexibility index (Phi) is 2.42. The SMILES string of the molecule is C=CC=C(F)C(F)(F)F. The lowest BCUT2D eigenvalue weighted by atomic mass is 10.4. The van der Waals surface area contributed by atoms with Crippen molar-refractivity contribution < 1.29 is 17.6 Å². The molecule has 0 heterocycles. The molecule has 0 aliphatic rings. The zero-order valence-electron chi connectivity index (χ0n) is 4.37. The lowest BCUT2D eigenvalue weighted by Crippen LogP contribution is -2.06. The quantitative estimate of drug-likeness (QED) is 0.388. The van der Waals surface area contributed by atoms with E-state index in [-0.39, 0.29) is 6.08 Å². The maximum Gasteiger partial charge on any atom is 0.442 e. The third-order valence-corrected chi connectivity index (χ3v) is 0.535. The van der Waals surface area contributed by atoms with Crippen LogP contribution in [0.25, 0.3) is 0 Å². The minimum atomic E-state index is -4.87. The van der Waals surface area contributed by atoms with Crippen LogP contribution in [0.2, 0.25) is 0 Å². The van der Waals surface area contributed by atoms with Crippen molar-refractivity contribution in [3.63, 3.8) is 0 Å². The third kappa shape index (κ3) is 2.90. The molecule has 0 N–H and O–H groups in total. The lowest BCUT2D eigenvalue weighted by Gasteiger charge is -1.99. The molecule has 0 fully saturated rings. The summed E-state index contributed by atoms with van der Waals surface area (Å²) in [6, 6.07) is 0. The Bertz CT molecular complexity index is 130. The molecule has 0 aromatic heterocycles. The zero-order chi connectivity index (χ0) is 7.49. The van der Waals surface area contributed by atoms with Crippen LogP contribution in [0, 0.1) is 0 Å². The Morgan fingerprint density at radius 2 is 1.78 bits per heavy atom. The molecule has 0 aromatic rings. The molecule has 0 unspecified atom stereocenters. The lowest BCUT2D eigenvalue weighted by molar-refractivity contribution is -0.108. The van der Waals surface area contributed by atoms with Crippen LogP contribution in [0.1, 0.15) is 0 Å². The smallest absolute Gasteiger partial charge is 0.202 e. The molecule has 0 radical (unpaired) electrons. The van der Waals surface area contributed by atoms with Crippen LogP contribution in [0.15, 0.2) is 24.6 Å². The highest BCUT2D eigenvalue weighted by Gasteiger charge is 2.33. The number of allylic oxidation sites excluding steroid dienone is 3. The molecule has 0 amide bonds. The molecule has 52 valence electrons. The second-order valence-electron chi connectivity index (χ2n) is 1.25. The van der Waals surface area contributed by atoms with Gasteiger partial charge in [0.05, 0.1) is 0 Å². The minimum Gasteiger partial charge on any atom is -0.202 e. The van der Waals surface area contributed by atoms with Crippen molar-refractivity contribution in [1.29, 1.82) is 0 Å². The Balaban J connectivity index is 4.19. The summed E-state index contributed by atoms with van der Waals surface area (Å²) in [5.74, 6) is -2.13. The molecule has 0 aliphatic carbocycles. The fourth-order valence-electron chi connectivity index (χ4n) is 0.198. The fourth-order valence-corrected chi connectivity index (χ4v) is 0.198. The van der Waals surface area contributed by atoms with Crippen molar-refractivity contribution in [2.75, 3.05) is 0 Å². The van der Waals surface area contributed by atoms with E-state index in [1.54, 1.807) is 0 Å². The van der Waals surface area contributed by atoms with Crippen molar-refractivity contribution in [2.45, 2.75) is 6.18 Å². The van der Waals surface area contributed by atoms with Gasteiger partial charge in [-0.15, -0.1) is 0 Å². The number of hydrogen-bond acceptors (Lipinski definition) is 0. The number of alkyl halides is 3. The van der Waals surface area contributed by atoms with Crippen LogP contribution < -0.4 is 0 Å². The molecule has 0 saturated carbocycles. The van der Waals surface area contributed by atoms with E-state index < -0.39 is 12.0 Å². The molecular weight excluding hydrogens is 136 g/mol. The van der Waals surface area contributed by atoms with Crippen LogP contribution >= 0.6 is 0 Å². The first kappa shape index (κ1) is 8.20. The first-order valence-corrected chi connectivity index (χ1v) is 2.04. The van der Waals surface area contributed by atoms with Gasteiger partial charge in [0, 0.05) is 0 Å². The molecule has 0 spiro atoms. The first-order valence-electron chi connectivity index (χ1n) is 2.04. The Morgan fingerprint density at radius 1 is 1.33 bits per heavy atom. The standard InChI is InChI=1S/C5H4F4/c1-2-3-4(6)5(7,8)9/h2-3H,1H2. The van der Waals surface area contributed by atoms with Crippen molar-refractivity contribution in [3.05, 3.63) is 24.6 Å². The normalized spacial score (nSPS) is 13.6. The highest BCUT2D eigenvalue weighted by atomic mass is 19.4. The van der Waals surface area contributed by atoms with Gasteiger partial charge in [0.1, 0.15) is 0 Å². The predicted octanol–water partition coefficient (Wildman–Crippen LogP) is 2.59. The molecular formula is C5H4F4. The molecule has 0 rings (SSSR count). The van der Waals surface area contributed by atoms with Crippen LogP contribution in [0.5, 0.6) is 0 Å². The van der Waals surface area contributed by atoms with Gasteiger partial charge in [-0.1, -0.05) is 12.7 Å². The van der Waals surface area contributed by atoms with Gasteiger partial charge in [-0.3, -0.25) is 0 Å². The average molecular weight is 140 g/mol. The Morgan fingerprint density at radius 3 is 1.89 bits per heavy atom. The van der Waals surface area contributed by atoms with E-state index in [9.17, 15) is 17.6 Å². The summed E-state index contributed by atoms with van der Waals surface area (Å²) in [4.78, 5) is 0. The fraction of sp³-hybridized carbons (Fsp3) is 0.200. The molecule has 0 aromatic carbocycles. The van der Waals surface area contributed by atoms with E-state index in [1.807, 2.05) is 0 Å². The Hall–Kier alpha value is -0.800. The van der Waals surface area contributed by atoms with Crippen molar-refractivity contribution in [1.82, 2.24) is 0 Å². The number of rotatable bonds is 1.